The van der Waals surface area contributed by atoms with Crippen molar-refractivity contribution in [3.8, 4) is 0 Å². The lowest BCUT2D eigenvalue weighted by atomic mass is 10.1. The number of methoxy groups -OCH3 is 1. The number of nitrogens with one attached hydrogen (secondary N) is 1. The van der Waals surface area contributed by atoms with Crippen molar-refractivity contribution in [3.05, 3.63) is 106 Å². The smallest absolute Gasteiger partial charge is 0.337 e. The van der Waals surface area contributed by atoms with Crippen molar-refractivity contribution >= 4 is 26.9 Å². The van der Waals surface area contributed by atoms with Gasteiger partial charge in [0, 0.05) is 36.6 Å². The minimum atomic E-state index is -4.10. The second-order valence-corrected chi connectivity index (χ2v) is 9.99. The molecule has 0 aliphatic heterocycles. The quantitative estimate of drug-likeness (QED) is 0.377. The maximum Gasteiger partial charge on any atom is 0.337 e. The zero-order valence-electron chi connectivity index (χ0n) is 19.4. The van der Waals surface area contributed by atoms with Crippen LogP contribution in [-0.4, -0.2) is 35.8 Å². The van der Waals surface area contributed by atoms with Gasteiger partial charge in [0.2, 0.25) is 10.0 Å². The molecule has 0 aliphatic carbocycles. The number of esters is 1. The Balaban J connectivity index is 1.78. The number of sulfonamides is 1. The molecule has 35 heavy (non-hydrogen) atoms. The third-order valence-corrected chi connectivity index (χ3v) is 7.50. The summed E-state index contributed by atoms with van der Waals surface area (Å²) in [5, 5.41) is 0.824. The SMILES string of the molecule is CCc1ccc2[nH]c(=O)c(CN(Cc3cccnc3)S(=O)(=O)c3cccc(C(=O)OC)c3)cc2c1. The molecule has 4 aromatic rings. The number of aryl methyl sites for hydroxylation is 1. The molecule has 8 nitrogen and oxygen atoms in total. The lowest BCUT2D eigenvalue weighted by molar-refractivity contribution is 0.0600. The number of pyridine rings is 2. The van der Waals surface area contributed by atoms with Crippen LogP contribution in [0.1, 0.15) is 34.0 Å². The maximum absolute atomic E-state index is 13.7. The van der Waals surface area contributed by atoms with Gasteiger partial charge < -0.3 is 9.72 Å². The summed E-state index contributed by atoms with van der Waals surface area (Å²) in [4.78, 5) is 31.7. The summed E-state index contributed by atoms with van der Waals surface area (Å²) in [6, 6.07) is 16.6. The Bertz CT molecular complexity index is 1530. The number of carbonyl (C=O) groups is 1. The minimum absolute atomic E-state index is 0.00883. The Kier molecular flexibility index (Phi) is 7.09. The number of hydrogen-bond donors (Lipinski definition) is 1. The number of carbonyl (C=O) groups excluding carboxylic acids is 1. The summed E-state index contributed by atoms with van der Waals surface area (Å²) in [6.07, 6.45) is 4.01. The Morgan fingerprint density at radius 3 is 2.57 bits per heavy atom. The van der Waals surface area contributed by atoms with Crippen molar-refractivity contribution in [2.24, 2.45) is 0 Å². The summed E-state index contributed by atoms with van der Waals surface area (Å²) in [7, 11) is -2.87. The van der Waals surface area contributed by atoms with Gasteiger partial charge in [-0.05, 0) is 65.4 Å². The first-order valence-electron chi connectivity index (χ1n) is 11.0. The summed E-state index contributed by atoms with van der Waals surface area (Å²) < 4.78 is 33.4. The van der Waals surface area contributed by atoms with Crippen LogP contribution in [0, 0.1) is 0 Å². The van der Waals surface area contributed by atoms with Gasteiger partial charge in [-0.25, -0.2) is 13.2 Å². The van der Waals surface area contributed by atoms with Crippen LogP contribution in [0.3, 0.4) is 0 Å². The van der Waals surface area contributed by atoms with Gasteiger partial charge in [-0.2, -0.15) is 4.31 Å². The van der Waals surface area contributed by atoms with Gasteiger partial charge in [-0.3, -0.25) is 9.78 Å². The molecule has 0 spiro atoms. The first-order valence-corrected chi connectivity index (χ1v) is 12.5. The van der Waals surface area contributed by atoms with Crippen molar-refractivity contribution in [1.29, 1.82) is 0 Å². The minimum Gasteiger partial charge on any atom is -0.465 e. The molecule has 180 valence electrons. The predicted octanol–water partition coefficient (Wildman–Crippen LogP) is 3.66. The molecule has 0 saturated carbocycles. The fraction of sp³-hybridized carbons (Fsp3) is 0.192. The molecule has 1 N–H and O–H groups in total. The number of fused-ring (bicyclic) bond motifs is 1. The van der Waals surface area contributed by atoms with E-state index in [1.807, 2.05) is 25.1 Å². The van der Waals surface area contributed by atoms with E-state index >= 15 is 0 Å². The van der Waals surface area contributed by atoms with Gasteiger partial charge in [0.05, 0.1) is 17.6 Å². The molecule has 4 rings (SSSR count). The van der Waals surface area contributed by atoms with Gasteiger partial charge in [-0.15, -0.1) is 0 Å². The maximum atomic E-state index is 13.7. The number of benzene rings is 2. The molecule has 0 radical (unpaired) electrons. The summed E-state index contributed by atoms with van der Waals surface area (Å²) in [6.45, 7) is 1.87. The van der Waals surface area contributed by atoms with Crippen LogP contribution in [0.25, 0.3) is 10.9 Å². The molecule has 2 heterocycles. The largest absolute Gasteiger partial charge is 0.465 e. The molecule has 2 aromatic carbocycles. The van der Waals surface area contributed by atoms with E-state index in [1.165, 1.54) is 35.7 Å². The average Bonchev–Trinajstić information content (AvgIpc) is 2.88. The zero-order chi connectivity index (χ0) is 25.0. The van der Waals surface area contributed by atoms with E-state index in [0.717, 1.165) is 17.4 Å². The number of ether oxygens (including phenoxy) is 1. The van der Waals surface area contributed by atoms with Crippen molar-refractivity contribution in [2.45, 2.75) is 31.3 Å². The van der Waals surface area contributed by atoms with E-state index in [2.05, 4.69) is 9.97 Å². The number of rotatable bonds is 8. The van der Waals surface area contributed by atoms with E-state index < -0.39 is 16.0 Å². The van der Waals surface area contributed by atoms with Gasteiger partial charge in [0.15, 0.2) is 0 Å². The third kappa shape index (κ3) is 5.31. The van der Waals surface area contributed by atoms with E-state index in [1.54, 1.807) is 30.6 Å². The standard InChI is InChI=1S/C26H25N3O5S/c1-3-18-9-10-24-21(12-18)13-22(25(30)28-24)17-29(16-19-6-5-11-27-15-19)35(32,33)23-8-4-7-20(14-23)26(31)34-2/h4-15H,3,16-17H2,1-2H3,(H,28,30). The number of nitrogens with zero attached hydrogens (tertiary/aromatic N) is 2. The second-order valence-electron chi connectivity index (χ2n) is 8.05. The first kappa shape index (κ1) is 24.3. The van der Waals surface area contributed by atoms with Crippen LogP contribution >= 0.6 is 0 Å². The van der Waals surface area contributed by atoms with Crippen LogP contribution in [0.2, 0.25) is 0 Å². The van der Waals surface area contributed by atoms with Crippen molar-refractivity contribution in [2.75, 3.05) is 7.11 Å². The molecule has 0 fully saturated rings. The number of hydrogen-bond acceptors (Lipinski definition) is 6. The topological polar surface area (TPSA) is 109 Å². The molecule has 0 saturated heterocycles. The molecule has 9 heteroatoms. The Hall–Kier alpha value is -3.82. The Labute approximate surface area is 203 Å². The van der Waals surface area contributed by atoms with Crippen LogP contribution in [0.15, 0.2) is 82.7 Å². The molecular formula is C26H25N3O5S. The second kappa shape index (κ2) is 10.2. The molecular weight excluding hydrogens is 466 g/mol. The summed E-state index contributed by atoms with van der Waals surface area (Å²) >= 11 is 0. The first-order chi connectivity index (χ1) is 16.8. The third-order valence-electron chi connectivity index (χ3n) is 5.72. The molecule has 0 bridgehead atoms. The van der Waals surface area contributed by atoms with E-state index in [4.69, 9.17) is 4.74 Å². The van der Waals surface area contributed by atoms with Gasteiger partial charge in [-0.1, -0.05) is 25.1 Å². The highest BCUT2D eigenvalue weighted by Gasteiger charge is 2.27. The van der Waals surface area contributed by atoms with Crippen LogP contribution < -0.4 is 5.56 Å². The highest BCUT2D eigenvalue weighted by Crippen LogP contribution is 2.23. The van der Waals surface area contributed by atoms with Crippen molar-refractivity contribution < 1.29 is 17.9 Å². The van der Waals surface area contributed by atoms with Crippen LogP contribution in [0.5, 0.6) is 0 Å². The monoisotopic (exact) mass is 491 g/mol. The molecule has 0 atom stereocenters. The number of aromatic amines is 1. The van der Waals surface area contributed by atoms with Crippen LogP contribution in [-0.2, 0) is 34.3 Å². The summed E-state index contributed by atoms with van der Waals surface area (Å²) in [5.74, 6) is -0.640. The fourth-order valence-electron chi connectivity index (χ4n) is 3.80. The van der Waals surface area contributed by atoms with Crippen molar-refractivity contribution in [1.82, 2.24) is 14.3 Å². The molecule has 0 unspecified atom stereocenters. The van der Waals surface area contributed by atoms with E-state index in [-0.39, 0.29) is 29.1 Å². The molecule has 0 aliphatic rings. The Morgan fingerprint density at radius 1 is 1.03 bits per heavy atom. The van der Waals surface area contributed by atoms with Crippen molar-refractivity contribution in [3.63, 3.8) is 0 Å². The predicted molar refractivity (Wildman–Crippen MR) is 132 cm³/mol. The van der Waals surface area contributed by atoms with E-state index in [9.17, 15) is 18.0 Å². The fourth-order valence-corrected chi connectivity index (χ4v) is 5.25. The normalized spacial score (nSPS) is 11.6. The number of aromatic nitrogens is 2. The zero-order valence-corrected chi connectivity index (χ0v) is 20.2. The average molecular weight is 492 g/mol. The van der Waals surface area contributed by atoms with E-state index in [0.29, 0.717) is 16.6 Å². The summed E-state index contributed by atoms with van der Waals surface area (Å²) in [5.41, 5.74) is 2.51. The highest BCUT2D eigenvalue weighted by molar-refractivity contribution is 7.89. The highest BCUT2D eigenvalue weighted by atomic mass is 32.2. The van der Waals surface area contributed by atoms with Gasteiger partial charge in [0.25, 0.3) is 5.56 Å². The molecule has 0 amide bonds. The molecule has 2 aromatic heterocycles. The number of H-pyrrole nitrogens is 1. The lowest BCUT2D eigenvalue weighted by Gasteiger charge is -2.22. The lowest BCUT2D eigenvalue weighted by Crippen LogP contribution is -2.32. The van der Waals surface area contributed by atoms with Gasteiger partial charge >= 0.3 is 5.97 Å². The van der Waals surface area contributed by atoms with Gasteiger partial charge in [0.1, 0.15) is 0 Å². The Morgan fingerprint density at radius 2 is 1.86 bits per heavy atom. The van der Waals surface area contributed by atoms with Crippen LogP contribution in [0.4, 0.5) is 0 Å².